The number of amides is 1. The van der Waals surface area contributed by atoms with E-state index in [0.717, 1.165) is 5.56 Å². The van der Waals surface area contributed by atoms with Gasteiger partial charge in [0.2, 0.25) is 5.91 Å². The molecule has 1 aromatic carbocycles. The molecular weight excluding hydrogens is 228 g/mol. The van der Waals surface area contributed by atoms with Gasteiger partial charge in [-0.15, -0.1) is 0 Å². The first kappa shape index (κ1) is 14.5. The largest absolute Gasteiger partial charge is 0.508 e. The lowest BCUT2D eigenvalue weighted by molar-refractivity contribution is -0.125. The standard InChI is InChI=1S/C14H22N2O2/c1-9(10-6-5-7-11(17)8-10)16-13(18)12(15)14(2,3)4/h5-9,12,17H,15H2,1-4H3,(H,16,18). The van der Waals surface area contributed by atoms with Crippen molar-refractivity contribution in [2.75, 3.05) is 0 Å². The molecule has 0 saturated carbocycles. The maximum atomic E-state index is 12.0. The number of hydrogen-bond acceptors (Lipinski definition) is 3. The molecule has 4 heteroatoms. The van der Waals surface area contributed by atoms with Gasteiger partial charge < -0.3 is 16.2 Å². The second-order valence-electron chi connectivity index (χ2n) is 5.67. The molecular formula is C14H22N2O2. The Morgan fingerprint density at radius 2 is 2.00 bits per heavy atom. The molecule has 1 rings (SSSR count). The maximum absolute atomic E-state index is 12.0. The average molecular weight is 250 g/mol. The molecule has 0 bridgehead atoms. The molecule has 0 heterocycles. The van der Waals surface area contributed by atoms with E-state index in [0.29, 0.717) is 0 Å². The Labute approximate surface area is 108 Å². The molecule has 1 amide bonds. The summed E-state index contributed by atoms with van der Waals surface area (Å²) in [6.07, 6.45) is 0. The van der Waals surface area contributed by atoms with E-state index in [-0.39, 0.29) is 23.1 Å². The van der Waals surface area contributed by atoms with Crippen molar-refractivity contribution in [1.82, 2.24) is 5.32 Å². The van der Waals surface area contributed by atoms with E-state index in [9.17, 15) is 9.90 Å². The first-order valence-corrected chi connectivity index (χ1v) is 6.06. The molecule has 2 unspecified atom stereocenters. The number of phenols is 1. The highest BCUT2D eigenvalue weighted by Gasteiger charge is 2.28. The molecule has 18 heavy (non-hydrogen) atoms. The number of benzene rings is 1. The highest BCUT2D eigenvalue weighted by molar-refractivity contribution is 5.82. The van der Waals surface area contributed by atoms with Crippen LogP contribution in [0.1, 0.15) is 39.3 Å². The van der Waals surface area contributed by atoms with Gasteiger partial charge in [-0.2, -0.15) is 0 Å². The SMILES string of the molecule is CC(NC(=O)C(N)C(C)(C)C)c1cccc(O)c1. The van der Waals surface area contributed by atoms with Gasteiger partial charge in [-0.1, -0.05) is 32.9 Å². The Morgan fingerprint density at radius 3 is 2.50 bits per heavy atom. The molecule has 0 aromatic heterocycles. The Balaban J connectivity index is 2.71. The zero-order chi connectivity index (χ0) is 13.9. The summed E-state index contributed by atoms with van der Waals surface area (Å²) < 4.78 is 0. The third-order valence-corrected chi connectivity index (χ3v) is 2.94. The fourth-order valence-corrected chi connectivity index (χ4v) is 1.57. The Bertz CT molecular complexity index is 424. The van der Waals surface area contributed by atoms with Crippen LogP contribution in [0.3, 0.4) is 0 Å². The Hall–Kier alpha value is -1.55. The summed E-state index contributed by atoms with van der Waals surface area (Å²) in [5.74, 6) is 0.00654. The van der Waals surface area contributed by atoms with Crippen molar-refractivity contribution in [1.29, 1.82) is 0 Å². The zero-order valence-electron chi connectivity index (χ0n) is 11.4. The Morgan fingerprint density at radius 1 is 1.39 bits per heavy atom. The first-order valence-electron chi connectivity index (χ1n) is 6.06. The van der Waals surface area contributed by atoms with Crippen molar-refractivity contribution < 1.29 is 9.90 Å². The number of phenolic OH excluding ortho intramolecular Hbond substituents is 1. The maximum Gasteiger partial charge on any atom is 0.237 e. The lowest BCUT2D eigenvalue weighted by Crippen LogP contribution is -2.49. The topological polar surface area (TPSA) is 75.4 Å². The van der Waals surface area contributed by atoms with E-state index in [2.05, 4.69) is 5.32 Å². The molecule has 0 saturated heterocycles. The molecule has 2 atom stereocenters. The molecule has 0 aliphatic carbocycles. The summed E-state index contributed by atoms with van der Waals surface area (Å²) >= 11 is 0. The number of hydrogen-bond donors (Lipinski definition) is 3. The molecule has 0 spiro atoms. The number of carbonyl (C=O) groups is 1. The lowest BCUT2D eigenvalue weighted by atomic mass is 9.86. The van der Waals surface area contributed by atoms with Gasteiger partial charge in [0, 0.05) is 0 Å². The van der Waals surface area contributed by atoms with Crippen LogP contribution < -0.4 is 11.1 Å². The number of nitrogens with one attached hydrogen (secondary N) is 1. The van der Waals surface area contributed by atoms with Gasteiger partial charge in [0.25, 0.3) is 0 Å². The summed E-state index contributed by atoms with van der Waals surface area (Å²) in [4.78, 5) is 12.0. The second-order valence-corrected chi connectivity index (χ2v) is 5.67. The molecule has 0 aliphatic heterocycles. The minimum atomic E-state index is -0.558. The van der Waals surface area contributed by atoms with Crippen LogP contribution in [0, 0.1) is 5.41 Å². The molecule has 4 N–H and O–H groups in total. The van der Waals surface area contributed by atoms with E-state index in [4.69, 9.17) is 5.73 Å². The van der Waals surface area contributed by atoms with Crippen LogP contribution in [-0.4, -0.2) is 17.1 Å². The van der Waals surface area contributed by atoms with E-state index < -0.39 is 6.04 Å². The minimum Gasteiger partial charge on any atom is -0.508 e. The van der Waals surface area contributed by atoms with E-state index >= 15 is 0 Å². The van der Waals surface area contributed by atoms with Crippen molar-refractivity contribution in [3.63, 3.8) is 0 Å². The van der Waals surface area contributed by atoms with Crippen LogP contribution in [0.4, 0.5) is 0 Å². The number of rotatable bonds is 3. The van der Waals surface area contributed by atoms with Crippen molar-refractivity contribution in [3.8, 4) is 5.75 Å². The van der Waals surface area contributed by atoms with Gasteiger partial charge in [0.05, 0.1) is 12.1 Å². The first-order chi connectivity index (χ1) is 8.21. The summed E-state index contributed by atoms with van der Waals surface area (Å²) in [7, 11) is 0. The van der Waals surface area contributed by atoms with Crippen LogP contribution in [0.25, 0.3) is 0 Å². The van der Waals surface area contributed by atoms with Crippen LogP contribution in [0.2, 0.25) is 0 Å². The normalized spacial score (nSPS) is 14.9. The van der Waals surface area contributed by atoms with Crippen molar-refractivity contribution >= 4 is 5.91 Å². The van der Waals surface area contributed by atoms with Crippen LogP contribution in [-0.2, 0) is 4.79 Å². The molecule has 4 nitrogen and oxygen atoms in total. The highest BCUT2D eigenvalue weighted by atomic mass is 16.3. The van der Waals surface area contributed by atoms with E-state index in [1.807, 2.05) is 33.8 Å². The van der Waals surface area contributed by atoms with Crippen LogP contribution >= 0.6 is 0 Å². The molecule has 1 aromatic rings. The van der Waals surface area contributed by atoms with Gasteiger partial charge >= 0.3 is 0 Å². The van der Waals surface area contributed by atoms with Gasteiger partial charge in [-0.3, -0.25) is 4.79 Å². The van der Waals surface area contributed by atoms with Gasteiger partial charge in [-0.05, 0) is 30.0 Å². The monoisotopic (exact) mass is 250 g/mol. The van der Waals surface area contributed by atoms with Gasteiger partial charge in [-0.25, -0.2) is 0 Å². The summed E-state index contributed by atoms with van der Waals surface area (Å²) in [6, 6.07) is 6.09. The van der Waals surface area contributed by atoms with Crippen LogP contribution in [0.15, 0.2) is 24.3 Å². The van der Waals surface area contributed by atoms with Gasteiger partial charge in [0.15, 0.2) is 0 Å². The summed E-state index contributed by atoms with van der Waals surface area (Å²) in [5, 5.41) is 12.3. The second kappa shape index (κ2) is 5.40. The smallest absolute Gasteiger partial charge is 0.237 e. The number of nitrogens with two attached hydrogens (primary N) is 1. The average Bonchev–Trinajstić information content (AvgIpc) is 2.26. The van der Waals surface area contributed by atoms with Gasteiger partial charge in [0.1, 0.15) is 5.75 Å². The third kappa shape index (κ3) is 3.74. The lowest BCUT2D eigenvalue weighted by Gasteiger charge is -2.27. The number of carbonyl (C=O) groups excluding carboxylic acids is 1. The highest BCUT2D eigenvalue weighted by Crippen LogP contribution is 2.20. The molecule has 0 radical (unpaired) electrons. The quantitative estimate of drug-likeness (QED) is 0.767. The zero-order valence-corrected chi connectivity index (χ0v) is 11.4. The third-order valence-electron chi connectivity index (χ3n) is 2.94. The predicted molar refractivity (Wildman–Crippen MR) is 72.1 cm³/mol. The molecule has 0 fully saturated rings. The minimum absolute atomic E-state index is 0.182. The van der Waals surface area contributed by atoms with Crippen molar-refractivity contribution in [3.05, 3.63) is 29.8 Å². The van der Waals surface area contributed by atoms with Crippen molar-refractivity contribution in [2.45, 2.75) is 39.8 Å². The Kier molecular flexibility index (Phi) is 4.35. The predicted octanol–water partition coefficient (Wildman–Crippen LogP) is 1.94. The molecule has 0 aliphatic rings. The van der Waals surface area contributed by atoms with E-state index in [1.165, 1.54) is 0 Å². The summed E-state index contributed by atoms with van der Waals surface area (Å²) in [6.45, 7) is 7.64. The number of aromatic hydroxyl groups is 1. The van der Waals surface area contributed by atoms with E-state index in [1.54, 1.807) is 18.2 Å². The van der Waals surface area contributed by atoms with Crippen molar-refractivity contribution in [2.24, 2.45) is 11.1 Å². The summed E-state index contributed by atoms with van der Waals surface area (Å²) in [5.41, 5.74) is 6.47. The van der Waals surface area contributed by atoms with Crippen LogP contribution in [0.5, 0.6) is 5.75 Å². The fraction of sp³-hybridized carbons (Fsp3) is 0.500. The molecule has 100 valence electrons. The fourth-order valence-electron chi connectivity index (χ4n) is 1.57.